The molecule has 150 valence electrons. The quantitative estimate of drug-likeness (QED) is 0.565. The SMILES string of the molecule is COC(=O)c1[nH]c(C)c(C(=O)[C@@H](C)N(C2CC2)S(=O)(=O)c2ccccc2)c1C. The van der Waals surface area contributed by atoms with Gasteiger partial charge in [0.05, 0.1) is 18.0 Å². The van der Waals surface area contributed by atoms with Gasteiger partial charge in [0.1, 0.15) is 5.69 Å². The Morgan fingerprint density at radius 2 is 1.79 bits per heavy atom. The molecule has 28 heavy (non-hydrogen) atoms. The van der Waals surface area contributed by atoms with Crippen LogP contribution in [0, 0.1) is 13.8 Å². The number of H-pyrrole nitrogens is 1. The van der Waals surface area contributed by atoms with E-state index in [4.69, 9.17) is 4.74 Å². The first-order valence-electron chi connectivity index (χ1n) is 9.10. The maximum absolute atomic E-state index is 13.3. The molecule has 2 aromatic rings. The Balaban J connectivity index is 2.00. The molecule has 0 amide bonds. The van der Waals surface area contributed by atoms with E-state index in [0.29, 0.717) is 16.8 Å². The fourth-order valence-electron chi connectivity index (χ4n) is 3.51. The molecule has 1 saturated carbocycles. The van der Waals surface area contributed by atoms with Crippen LogP contribution in [0.4, 0.5) is 0 Å². The first-order chi connectivity index (χ1) is 13.2. The number of sulfonamides is 1. The van der Waals surface area contributed by atoms with Crippen LogP contribution in [0.25, 0.3) is 0 Å². The highest BCUT2D eigenvalue weighted by Gasteiger charge is 2.44. The highest BCUT2D eigenvalue weighted by molar-refractivity contribution is 7.89. The van der Waals surface area contributed by atoms with E-state index in [-0.39, 0.29) is 22.4 Å². The van der Waals surface area contributed by atoms with Gasteiger partial charge in [0.2, 0.25) is 10.0 Å². The number of Topliss-reactive ketones (excluding diaryl/α,β-unsaturated/α-hetero) is 1. The number of aromatic amines is 1. The number of ketones is 1. The van der Waals surface area contributed by atoms with E-state index in [1.54, 1.807) is 39.0 Å². The summed E-state index contributed by atoms with van der Waals surface area (Å²) in [5.74, 6) is -0.906. The van der Waals surface area contributed by atoms with Gasteiger partial charge in [-0.05, 0) is 51.3 Å². The number of esters is 1. The zero-order valence-electron chi connectivity index (χ0n) is 16.4. The van der Waals surface area contributed by atoms with Gasteiger partial charge >= 0.3 is 5.97 Å². The third kappa shape index (κ3) is 3.49. The second-order valence-electron chi connectivity index (χ2n) is 7.04. The van der Waals surface area contributed by atoms with Crippen LogP contribution in [-0.4, -0.2) is 48.7 Å². The molecule has 1 N–H and O–H groups in total. The first-order valence-corrected chi connectivity index (χ1v) is 10.5. The Morgan fingerprint density at radius 1 is 1.18 bits per heavy atom. The van der Waals surface area contributed by atoms with Crippen molar-refractivity contribution >= 4 is 21.8 Å². The van der Waals surface area contributed by atoms with Crippen molar-refractivity contribution in [3.63, 3.8) is 0 Å². The minimum Gasteiger partial charge on any atom is -0.464 e. The molecular formula is C20H24N2O5S. The molecular weight excluding hydrogens is 380 g/mol. The maximum Gasteiger partial charge on any atom is 0.354 e. The van der Waals surface area contributed by atoms with E-state index in [1.165, 1.54) is 23.5 Å². The van der Waals surface area contributed by atoms with Crippen LogP contribution in [0.3, 0.4) is 0 Å². The second-order valence-corrected chi connectivity index (χ2v) is 8.88. The van der Waals surface area contributed by atoms with Gasteiger partial charge in [-0.2, -0.15) is 4.31 Å². The van der Waals surface area contributed by atoms with Crippen LogP contribution in [0.15, 0.2) is 35.2 Å². The maximum atomic E-state index is 13.3. The topological polar surface area (TPSA) is 96.5 Å². The summed E-state index contributed by atoms with van der Waals surface area (Å²) in [5.41, 5.74) is 1.53. The Bertz CT molecular complexity index is 1010. The zero-order valence-corrected chi connectivity index (χ0v) is 17.2. The van der Waals surface area contributed by atoms with Crippen LogP contribution < -0.4 is 0 Å². The summed E-state index contributed by atoms with van der Waals surface area (Å²) >= 11 is 0. The minimum atomic E-state index is -3.82. The number of ether oxygens (including phenoxy) is 1. The molecule has 0 unspecified atom stereocenters. The Labute approximate surface area is 164 Å². The number of aryl methyl sites for hydroxylation is 1. The molecule has 7 nitrogen and oxygen atoms in total. The lowest BCUT2D eigenvalue weighted by Crippen LogP contribution is -2.44. The average Bonchev–Trinajstić information content (AvgIpc) is 3.45. The number of aromatic nitrogens is 1. The van der Waals surface area contributed by atoms with Crippen molar-refractivity contribution in [2.24, 2.45) is 0 Å². The highest BCUT2D eigenvalue weighted by Crippen LogP contribution is 2.35. The summed E-state index contributed by atoms with van der Waals surface area (Å²) in [6.45, 7) is 4.94. The normalized spacial score (nSPS) is 15.5. The van der Waals surface area contributed by atoms with E-state index in [9.17, 15) is 18.0 Å². The molecule has 1 fully saturated rings. The molecule has 0 aliphatic heterocycles. The number of rotatable bonds is 7. The van der Waals surface area contributed by atoms with Crippen molar-refractivity contribution in [2.75, 3.05) is 7.11 Å². The lowest BCUT2D eigenvalue weighted by molar-refractivity contribution is 0.0594. The van der Waals surface area contributed by atoms with Crippen molar-refractivity contribution in [2.45, 2.75) is 50.6 Å². The number of carbonyl (C=O) groups excluding carboxylic acids is 2. The monoisotopic (exact) mass is 404 g/mol. The van der Waals surface area contributed by atoms with E-state index < -0.39 is 22.0 Å². The van der Waals surface area contributed by atoms with Crippen LogP contribution >= 0.6 is 0 Å². The minimum absolute atomic E-state index is 0.166. The molecule has 0 spiro atoms. The van der Waals surface area contributed by atoms with E-state index in [2.05, 4.69) is 4.98 Å². The summed E-state index contributed by atoms with van der Waals surface area (Å²) < 4.78 is 32.5. The molecule has 1 aromatic carbocycles. The molecule has 1 aliphatic carbocycles. The number of nitrogens with zero attached hydrogens (tertiary/aromatic N) is 1. The summed E-state index contributed by atoms with van der Waals surface area (Å²) in [7, 11) is -2.55. The number of nitrogens with one attached hydrogen (secondary N) is 1. The molecule has 1 atom stereocenters. The average molecular weight is 404 g/mol. The molecule has 1 aromatic heterocycles. The van der Waals surface area contributed by atoms with Gasteiger partial charge < -0.3 is 9.72 Å². The lowest BCUT2D eigenvalue weighted by atomic mass is 10.0. The first kappa shape index (κ1) is 20.3. The highest BCUT2D eigenvalue weighted by atomic mass is 32.2. The molecule has 0 radical (unpaired) electrons. The molecule has 8 heteroatoms. The van der Waals surface area contributed by atoms with Crippen molar-refractivity contribution in [3.8, 4) is 0 Å². The number of hydrogen-bond donors (Lipinski definition) is 1. The summed E-state index contributed by atoms with van der Waals surface area (Å²) in [6.07, 6.45) is 1.45. The van der Waals surface area contributed by atoms with Crippen molar-refractivity contribution in [1.82, 2.24) is 9.29 Å². The van der Waals surface area contributed by atoms with Gasteiger partial charge in [-0.1, -0.05) is 18.2 Å². The summed E-state index contributed by atoms with van der Waals surface area (Å²) in [5, 5.41) is 0. The van der Waals surface area contributed by atoms with Gasteiger partial charge in [0.25, 0.3) is 0 Å². The third-order valence-corrected chi connectivity index (χ3v) is 7.10. The van der Waals surface area contributed by atoms with Crippen LogP contribution in [0.2, 0.25) is 0 Å². The zero-order chi connectivity index (χ0) is 20.6. The fraction of sp³-hybridized carbons (Fsp3) is 0.400. The van der Waals surface area contributed by atoms with Crippen molar-refractivity contribution in [1.29, 1.82) is 0 Å². The van der Waals surface area contributed by atoms with Gasteiger partial charge in [-0.25, -0.2) is 13.2 Å². The third-order valence-electron chi connectivity index (χ3n) is 5.06. The number of hydrogen-bond acceptors (Lipinski definition) is 5. The summed E-state index contributed by atoms with van der Waals surface area (Å²) in [4.78, 5) is 28.3. The molecule has 3 rings (SSSR count). The fourth-order valence-corrected chi connectivity index (χ4v) is 5.37. The van der Waals surface area contributed by atoms with Crippen LogP contribution in [0.1, 0.15) is 51.9 Å². The standard InChI is InChI=1S/C20H24N2O5S/c1-12-17(13(2)21-18(12)20(24)27-4)19(23)14(3)22(15-10-11-15)28(25,26)16-8-6-5-7-9-16/h5-9,14-15,21H,10-11H2,1-4H3/t14-/m1/s1. The van der Waals surface area contributed by atoms with Gasteiger partial charge in [-0.15, -0.1) is 0 Å². The number of benzene rings is 1. The van der Waals surface area contributed by atoms with E-state index >= 15 is 0 Å². The molecule has 1 aliphatic rings. The van der Waals surface area contributed by atoms with Crippen molar-refractivity contribution < 1.29 is 22.7 Å². The second kappa shape index (κ2) is 7.52. The van der Waals surface area contributed by atoms with Gasteiger partial charge in [0, 0.05) is 17.3 Å². The molecule has 0 saturated heterocycles. The predicted octanol–water partition coefficient (Wildman–Crippen LogP) is 2.84. The van der Waals surface area contributed by atoms with Gasteiger partial charge in [-0.3, -0.25) is 4.79 Å². The van der Waals surface area contributed by atoms with E-state index in [0.717, 1.165) is 12.8 Å². The van der Waals surface area contributed by atoms with Crippen LogP contribution in [0.5, 0.6) is 0 Å². The lowest BCUT2D eigenvalue weighted by Gasteiger charge is -2.27. The van der Waals surface area contributed by atoms with Crippen LogP contribution in [-0.2, 0) is 14.8 Å². The van der Waals surface area contributed by atoms with Gasteiger partial charge in [0.15, 0.2) is 5.78 Å². The predicted molar refractivity (Wildman–Crippen MR) is 104 cm³/mol. The Kier molecular flexibility index (Phi) is 5.45. The number of carbonyl (C=O) groups is 2. The smallest absolute Gasteiger partial charge is 0.354 e. The van der Waals surface area contributed by atoms with E-state index in [1.807, 2.05) is 0 Å². The largest absolute Gasteiger partial charge is 0.464 e. The Hall–Kier alpha value is -2.45. The Morgan fingerprint density at radius 3 is 2.32 bits per heavy atom. The summed E-state index contributed by atoms with van der Waals surface area (Å²) in [6, 6.07) is 7.05. The molecule has 0 bridgehead atoms. The number of methoxy groups -OCH3 is 1. The molecule has 1 heterocycles. The van der Waals surface area contributed by atoms with Crippen molar-refractivity contribution in [3.05, 3.63) is 52.8 Å².